The molecule has 0 radical (unpaired) electrons. The van der Waals surface area contributed by atoms with E-state index in [-0.39, 0.29) is 30.4 Å². The normalized spacial score (nSPS) is 18.3. The van der Waals surface area contributed by atoms with Gasteiger partial charge >= 0.3 is 19.5 Å². The first-order valence-electron chi connectivity index (χ1n) is 6.91. The Labute approximate surface area is 175 Å². The van der Waals surface area contributed by atoms with Crippen LogP contribution in [0.25, 0.3) is 0 Å². The van der Waals surface area contributed by atoms with Crippen LogP contribution in [0.3, 0.4) is 0 Å². The van der Waals surface area contributed by atoms with Crippen LogP contribution in [0.2, 0.25) is 0 Å². The molecule has 0 aromatic rings. The van der Waals surface area contributed by atoms with Gasteiger partial charge in [-0.15, -0.1) is 0 Å². The maximum absolute atomic E-state index is 9.98. The van der Waals surface area contributed by atoms with Crippen LogP contribution in [0.1, 0.15) is 0 Å². The van der Waals surface area contributed by atoms with Crippen molar-refractivity contribution < 1.29 is 101 Å². The summed E-state index contributed by atoms with van der Waals surface area (Å²) in [5.41, 5.74) is 0. The largest absolute Gasteiger partial charge is 2.00 e. The zero-order valence-corrected chi connectivity index (χ0v) is 17.8. The molecule has 0 spiro atoms. The summed E-state index contributed by atoms with van der Waals surface area (Å²) >= 11 is 0. The zero-order valence-electron chi connectivity index (χ0n) is 14.8. The molecule has 0 aliphatic heterocycles. The van der Waals surface area contributed by atoms with Crippen molar-refractivity contribution in [2.24, 2.45) is 0 Å². The molecule has 0 aromatic heterocycles. The summed E-state index contributed by atoms with van der Waals surface area (Å²) in [7, 11) is 0. The quantitative estimate of drug-likeness (QED) is 0.127. The van der Waals surface area contributed by atoms with E-state index >= 15 is 0 Å². The number of carboxylic acid groups (broad SMARTS) is 2. The third kappa shape index (κ3) is 13.8. The van der Waals surface area contributed by atoms with Gasteiger partial charge in [0, 0.05) is 0 Å². The summed E-state index contributed by atoms with van der Waals surface area (Å²) < 4.78 is 0. The average Bonchev–Trinajstić information content (AvgIpc) is 2.62. The fourth-order valence-electron chi connectivity index (χ4n) is 1.32. The molecule has 0 aliphatic carbocycles. The summed E-state index contributed by atoms with van der Waals surface area (Å²) in [5.74, 6) is -3.95. The third-order valence-electron chi connectivity index (χ3n) is 2.99. The minimum absolute atomic E-state index is 0. The van der Waals surface area contributed by atoms with Crippen molar-refractivity contribution in [2.45, 2.75) is 48.8 Å². The van der Waals surface area contributed by atoms with Gasteiger partial charge < -0.3 is 81.8 Å². The second-order valence-corrected chi connectivity index (χ2v) is 4.99. The van der Waals surface area contributed by atoms with Crippen LogP contribution in [0.5, 0.6) is 0 Å². The number of carboxylic acids is 2. The number of rotatable bonds is 10. The number of hydrogen-bond acceptors (Lipinski definition) is 14. The molecule has 0 aromatic carbocycles. The minimum Gasteiger partial charge on any atom is -0.547 e. The topological polar surface area (TPSA) is 346 Å². The number of aliphatic carboxylic acids is 2. The Balaban J connectivity index is -0.000000120. The fourth-order valence-corrected chi connectivity index (χ4v) is 1.32. The number of carbonyl (C=O) groups is 2. The molecule has 0 bridgehead atoms. The van der Waals surface area contributed by atoms with Crippen molar-refractivity contribution in [1.29, 1.82) is 0 Å². The molecule has 0 rings (SSSR count). The van der Waals surface area contributed by atoms with Crippen molar-refractivity contribution in [1.82, 2.24) is 0 Å². The summed E-state index contributed by atoms with van der Waals surface area (Å²) in [5, 5.41) is 107. The second-order valence-electron chi connectivity index (χ2n) is 4.99. The van der Waals surface area contributed by atoms with Crippen LogP contribution in [0.15, 0.2) is 0 Å². The number of aliphatic hydroxyl groups is 10. The minimum atomic E-state index is -2.31. The summed E-state index contributed by atoms with van der Waals surface area (Å²) in [6.07, 6.45) is -16.2. The third-order valence-corrected chi connectivity index (χ3v) is 2.99. The van der Waals surface area contributed by atoms with Gasteiger partial charge in [0.1, 0.15) is 48.8 Å². The first-order chi connectivity index (χ1) is 11.8. The molecule has 16 nitrogen and oxygen atoms in total. The second kappa shape index (κ2) is 19.1. The van der Waals surface area contributed by atoms with Crippen LogP contribution >= 0.6 is 0 Å². The van der Waals surface area contributed by atoms with Crippen LogP contribution in [0, 0.1) is 0 Å². The van der Waals surface area contributed by atoms with Gasteiger partial charge in [0.05, 0.1) is 25.2 Å². The van der Waals surface area contributed by atoms with Crippen LogP contribution in [-0.4, -0.2) is 136 Å². The van der Waals surface area contributed by atoms with E-state index in [0.717, 1.165) is 0 Å². The Bertz CT molecular complexity index is 387. The molecule has 172 valence electrons. The van der Waals surface area contributed by atoms with E-state index in [1.54, 1.807) is 0 Å². The number of aliphatic hydroxyl groups excluding tert-OH is 10. The summed E-state index contributed by atoms with van der Waals surface area (Å²) in [6.45, 7) is -1.73. The average molecular weight is 492 g/mol. The molecule has 29 heavy (non-hydrogen) atoms. The van der Waals surface area contributed by atoms with Crippen LogP contribution in [-0.2, 0) is 29.1 Å². The molecule has 0 fully saturated rings. The Hall–Kier alpha value is -0.917. The van der Waals surface area contributed by atoms with E-state index in [1.807, 2.05) is 0 Å². The number of carbonyl (C=O) groups excluding carboxylic acids is 2. The van der Waals surface area contributed by atoms with E-state index in [2.05, 4.69) is 0 Å². The molecular weight excluding hydrogens is 466 g/mol. The van der Waals surface area contributed by atoms with E-state index in [4.69, 9.17) is 51.1 Å². The van der Waals surface area contributed by atoms with Crippen molar-refractivity contribution in [3.63, 3.8) is 0 Å². The Morgan fingerprint density at radius 2 is 0.793 bits per heavy atom. The molecule has 0 aliphatic rings. The predicted molar refractivity (Wildman–Crippen MR) is 79.5 cm³/mol. The SMILES string of the molecule is O.O.O=C([O-])C(O)C(O)C(O)C(O)CO.O=C([O-])C(O)C(O)C(O)C(O)CO.[Zn+2]. The maximum atomic E-state index is 9.98. The van der Waals surface area contributed by atoms with E-state index in [1.165, 1.54) is 0 Å². The maximum Gasteiger partial charge on any atom is 2.00 e. The first-order valence-corrected chi connectivity index (χ1v) is 6.91. The zero-order chi connectivity index (χ0) is 21.2. The van der Waals surface area contributed by atoms with Gasteiger partial charge in [-0.2, -0.15) is 0 Å². The first kappa shape index (κ1) is 38.7. The van der Waals surface area contributed by atoms with Crippen LogP contribution < -0.4 is 10.2 Å². The molecule has 14 N–H and O–H groups in total. The molecular formula is C12H26O16Zn. The molecule has 8 atom stereocenters. The molecule has 0 amide bonds. The van der Waals surface area contributed by atoms with Gasteiger partial charge in [0.25, 0.3) is 0 Å². The van der Waals surface area contributed by atoms with Gasteiger partial charge in [0.2, 0.25) is 0 Å². The molecule has 0 saturated carbocycles. The Morgan fingerprint density at radius 1 is 0.586 bits per heavy atom. The van der Waals surface area contributed by atoms with Gasteiger partial charge in [-0.25, -0.2) is 0 Å². The fraction of sp³-hybridized carbons (Fsp3) is 0.833. The summed E-state index contributed by atoms with van der Waals surface area (Å²) in [6, 6.07) is 0. The summed E-state index contributed by atoms with van der Waals surface area (Å²) in [4.78, 5) is 20.0. The molecule has 0 saturated heterocycles. The smallest absolute Gasteiger partial charge is 0.547 e. The Kier molecular flexibility index (Phi) is 25.4. The van der Waals surface area contributed by atoms with Crippen molar-refractivity contribution in [2.75, 3.05) is 13.2 Å². The number of hydrogen-bond donors (Lipinski definition) is 10. The molecule has 8 unspecified atom stereocenters. The van der Waals surface area contributed by atoms with E-state index in [0.29, 0.717) is 0 Å². The van der Waals surface area contributed by atoms with Crippen LogP contribution in [0.4, 0.5) is 0 Å². The monoisotopic (exact) mass is 490 g/mol. The van der Waals surface area contributed by atoms with Gasteiger partial charge in [-0.05, 0) is 0 Å². The van der Waals surface area contributed by atoms with E-state index in [9.17, 15) is 19.8 Å². The predicted octanol–water partition coefficient (Wildman–Crippen LogP) is -11.3. The Morgan fingerprint density at radius 3 is 0.931 bits per heavy atom. The van der Waals surface area contributed by atoms with Crippen molar-refractivity contribution in [3.8, 4) is 0 Å². The van der Waals surface area contributed by atoms with Gasteiger partial charge in [-0.3, -0.25) is 0 Å². The molecule has 17 heteroatoms. The van der Waals surface area contributed by atoms with Gasteiger partial charge in [0.15, 0.2) is 0 Å². The molecule has 0 heterocycles. The van der Waals surface area contributed by atoms with Crippen molar-refractivity contribution in [3.05, 3.63) is 0 Å². The van der Waals surface area contributed by atoms with E-state index < -0.39 is 74.0 Å². The van der Waals surface area contributed by atoms with Gasteiger partial charge in [-0.1, -0.05) is 0 Å². The van der Waals surface area contributed by atoms with Crippen molar-refractivity contribution >= 4 is 11.9 Å². The standard InChI is InChI=1S/2C6H12O7.2H2O.Zn/c2*7-1-2(8)3(9)4(10)5(11)6(12)13;;;/h2*2-5,7-11H,1H2,(H,12,13);2*1H2;/q;;;;+2/p-2.